The Morgan fingerprint density at radius 2 is 0.945 bits per heavy atom. The predicted octanol–water partition coefficient (Wildman–Crippen LogP) is 10.4. The van der Waals surface area contributed by atoms with Gasteiger partial charge in [0, 0.05) is 35.8 Å². The summed E-state index contributed by atoms with van der Waals surface area (Å²) in [5.74, 6) is -6.24. The number of carbonyl (C=O) groups excluding carboxylic acids is 10. The summed E-state index contributed by atoms with van der Waals surface area (Å²) in [6.07, 6.45) is 4.66. The Hall–Kier alpha value is -8.58. The number of thioether (sulfide) groups is 2. The van der Waals surface area contributed by atoms with Gasteiger partial charge in [0.05, 0.1) is 96.6 Å². The molecule has 2 aliphatic carbocycles. The number of hydrogen-bond donors (Lipinski definition) is 0. The summed E-state index contributed by atoms with van der Waals surface area (Å²) >= 11 is 2.12. The van der Waals surface area contributed by atoms with Crippen molar-refractivity contribution in [3.8, 4) is 35.1 Å². The maximum atomic E-state index is 13.8. The highest BCUT2D eigenvalue weighted by Gasteiger charge is 2.38. The summed E-state index contributed by atoms with van der Waals surface area (Å²) in [7, 11) is 0. The molecule has 6 rings (SSSR count). The normalized spacial score (nSPS) is 16.8. The zero-order valence-electron chi connectivity index (χ0n) is 51.6. The second kappa shape index (κ2) is 34.6. The minimum absolute atomic E-state index is 0.00471. The molecule has 0 saturated heterocycles. The van der Waals surface area contributed by atoms with Crippen molar-refractivity contribution in [2.24, 2.45) is 34.5 Å². The van der Waals surface area contributed by atoms with Crippen LogP contribution in [0.5, 0.6) is 23.0 Å². The van der Waals surface area contributed by atoms with Crippen LogP contribution in [0, 0.1) is 64.1 Å². The molecule has 1 heterocycles. The van der Waals surface area contributed by atoms with Gasteiger partial charge in [0.15, 0.2) is 5.78 Å². The van der Waals surface area contributed by atoms with Crippen molar-refractivity contribution < 1.29 is 95.3 Å². The van der Waals surface area contributed by atoms with Crippen LogP contribution in [-0.2, 0) is 89.4 Å². The summed E-state index contributed by atoms with van der Waals surface area (Å²) in [5, 5.41) is 19.5. The molecule has 0 atom stereocenters. The van der Waals surface area contributed by atoms with Crippen molar-refractivity contribution in [1.29, 1.82) is 10.5 Å². The Morgan fingerprint density at radius 3 is 1.41 bits per heavy atom. The largest absolute Gasteiger partial charge is 0.465 e. The highest BCUT2D eigenvalue weighted by molar-refractivity contribution is 8.24. The van der Waals surface area contributed by atoms with E-state index in [1.165, 1.54) is 0 Å². The molecular weight excluding hydrogens is 1220 g/mol. The van der Waals surface area contributed by atoms with E-state index in [1.807, 2.05) is 12.1 Å². The lowest BCUT2D eigenvalue weighted by Gasteiger charge is -2.27. The number of rotatable bonds is 31. The zero-order valence-corrected chi connectivity index (χ0v) is 53.2. The lowest BCUT2D eigenvalue weighted by molar-refractivity contribution is -0.154. The van der Waals surface area contributed by atoms with Gasteiger partial charge < -0.3 is 47.4 Å². The molecule has 0 bridgehead atoms. The van der Waals surface area contributed by atoms with Crippen LogP contribution in [0.1, 0.15) is 121 Å². The summed E-state index contributed by atoms with van der Waals surface area (Å²) < 4.78 is 55.1. The van der Waals surface area contributed by atoms with E-state index in [4.69, 9.17) is 47.4 Å². The van der Waals surface area contributed by atoms with Crippen LogP contribution < -0.4 is 18.9 Å². The van der Waals surface area contributed by atoms with Gasteiger partial charge in [-0.1, -0.05) is 88.6 Å². The number of benzene rings is 3. The molecule has 91 heavy (non-hydrogen) atoms. The molecule has 0 unspecified atom stereocenters. The third-order valence-electron chi connectivity index (χ3n) is 14.8. The molecule has 484 valence electrons. The molecule has 0 spiro atoms. The maximum absolute atomic E-state index is 13.8. The number of ether oxygens (including phenoxy) is 10. The van der Waals surface area contributed by atoms with Crippen LogP contribution in [-0.4, -0.2) is 99.1 Å². The predicted molar refractivity (Wildman–Crippen MR) is 327 cm³/mol. The van der Waals surface area contributed by atoms with E-state index in [-0.39, 0.29) is 94.8 Å². The van der Waals surface area contributed by atoms with Crippen LogP contribution in [0.25, 0.3) is 0 Å². The highest BCUT2D eigenvalue weighted by Crippen LogP contribution is 2.60. The zero-order chi connectivity index (χ0) is 66.3. The fraction of sp³-hybridized carbons (Fsp3) is 0.463. The van der Waals surface area contributed by atoms with Gasteiger partial charge >= 0.3 is 53.7 Å². The molecule has 3 aromatic carbocycles. The number of allylic oxidation sites excluding steroid dienone is 1. The van der Waals surface area contributed by atoms with E-state index >= 15 is 0 Å². The molecule has 2 fully saturated rings. The molecule has 0 amide bonds. The number of Topliss-reactive ketones (excluding diaryl/α,β-unsaturated/α-hetero) is 1. The smallest absolute Gasteiger partial charge is 0.330 e. The van der Waals surface area contributed by atoms with E-state index < -0.39 is 88.2 Å². The molecule has 2 saturated carbocycles. The van der Waals surface area contributed by atoms with Crippen LogP contribution in [0.3, 0.4) is 0 Å². The standard InChI is InChI=1S/C67H74N2O20S2/c1-8-53(71)82-37-66(4,5)39-84-56(74)27-22-49(70)36-80-35-43-12-25-51(26-13-43)87-62(77)44-14-18-46(19-15-44)63(78)88-52-32-41(3)58(60-59(52)90-65(91-60)48(33-68)34-69)89-64(79)47-20-16-45(17-21-47)61(76)86-50-23-10-42(11-24-50)30-31-81-55(73)28-29-57(75)85-40-67(6,7)38-83-54(72)9-2/h8-13,23-26,32,44-47H,1-2,14-22,27-31,35-40H2,3-7H3. The number of nitriles is 2. The van der Waals surface area contributed by atoms with Gasteiger partial charge in [-0.3, -0.25) is 38.4 Å². The second-order valence-corrected chi connectivity index (χ2v) is 25.9. The Balaban J connectivity index is 0.906. The Morgan fingerprint density at radius 1 is 0.538 bits per heavy atom. The number of fused-ring (bicyclic) bond motifs is 1. The Bertz CT molecular complexity index is 3310. The monoisotopic (exact) mass is 1290 g/mol. The average Bonchev–Trinajstić information content (AvgIpc) is 1.78. The molecule has 3 aromatic rings. The van der Waals surface area contributed by atoms with E-state index in [2.05, 4.69) is 13.2 Å². The number of esters is 9. The van der Waals surface area contributed by atoms with Crippen molar-refractivity contribution >= 4 is 83.0 Å². The summed E-state index contributed by atoms with van der Waals surface area (Å²) in [6.45, 7) is 15.4. The van der Waals surface area contributed by atoms with Crippen LogP contribution >= 0.6 is 23.5 Å². The third-order valence-corrected chi connectivity index (χ3v) is 17.4. The van der Waals surface area contributed by atoms with E-state index in [0.29, 0.717) is 94.4 Å². The molecule has 0 radical (unpaired) electrons. The van der Waals surface area contributed by atoms with Crippen LogP contribution in [0.2, 0.25) is 0 Å². The number of carbonyl (C=O) groups is 10. The number of hydrogen-bond acceptors (Lipinski definition) is 24. The summed E-state index contributed by atoms with van der Waals surface area (Å²) in [4.78, 5) is 127. The summed E-state index contributed by atoms with van der Waals surface area (Å²) in [6, 6.07) is 18.7. The van der Waals surface area contributed by atoms with E-state index in [0.717, 1.165) is 41.2 Å². The van der Waals surface area contributed by atoms with Crippen molar-refractivity contribution in [3.63, 3.8) is 0 Å². The topological polar surface area (TPSA) is 311 Å². The van der Waals surface area contributed by atoms with E-state index in [9.17, 15) is 58.5 Å². The van der Waals surface area contributed by atoms with Crippen molar-refractivity contribution in [2.45, 2.75) is 134 Å². The molecule has 0 aromatic heterocycles. The third kappa shape index (κ3) is 23.0. The average molecular weight is 1290 g/mol. The molecule has 22 nitrogen and oxygen atoms in total. The van der Waals surface area contributed by atoms with Gasteiger partial charge in [0.2, 0.25) is 0 Å². The Kier molecular flexibility index (Phi) is 27.2. The second-order valence-electron chi connectivity index (χ2n) is 23.6. The van der Waals surface area contributed by atoms with Crippen molar-refractivity contribution in [3.05, 3.63) is 106 Å². The van der Waals surface area contributed by atoms with Crippen molar-refractivity contribution in [1.82, 2.24) is 0 Å². The number of ketones is 1. The van der Waals surface area contributed by atoms with Crippen molar-refractivity contribution in [2.75, 3.05) is 39.6 Å². The fourth-order valence-corrected chi connectivity index (χ4v) is 12.0. The maximum Gasteiger partial charge on any atom is 0.330 e. The molecule has 3 aliphatic rings. The lowest BCUT2D eigenvalue weighted by atomic mass is 9.82. The molecular formula is C67H74N2O20S2. The first-order valence-electron chi connectivity index (χ1n) is 29.7. The first kappa shape index (κ1) is 71.5. The van der Waals surface area contributed by atoms with E-state index in [1.54, 1.807) is 89.2 Å². The SMILES string of the molecule is C=CC(=O)OCC(C)(C)COC(=O)CCC(=O)COCc1ccc(OC(=O)C2CCC(C(=O)Oc3cc(C)c(OC(=O)C4CCC(C(=O)Oc5ccc(CCOC(=O)CCC(=O)OCC(C)(C)COC(=O)C=C)cc5)CC4)c4c3SC(=C(C#N)C#N)S4)CC2)cc1. The number of aryl methyl sites for hydroxylation is 1. The fourth-order valence-electron chi connectivity index (χ4n) is 9.41. The first-order valence-corrected chi connectivity index (χ1v) is 31.3. The van der Waals surface area contributed by atoms with Gasteiger partial charge in [0.25, 0.3) is 0 Å². The lowest BCUT2D eigenvalue weighted by Crippen LogP contribution is -2.31. The Labute approximate surface area is 536 Å². The molecule has 24 heteroatoms. The minimum Gasteiger partial charge on any atom is -0.465 e. The number of nitrogens with zero attached hydrogens (tertiary/aromatic N) is 2. The minimum atomic E-state index is -0.634. The van der Waals surface area contributed by atoms with Gasteiger partial charge in [-0.25, -0.2) is 9.59 Å². The van der Waals surface area contributed by atoms with Crippen LogP contribution in [0.4, 0.5) is 0 Å². The van der Waals surface area contributed by atoms with Gasteiger partial charge in [-0.2, -0.15) is 10.5 Å². The van der Waals surface area contributed by atoms with Gasteiger partial charge in [-0.05, 0) is 105 Å². The van der Waals surface area contributed by atoms with Gasteiger partial charge in [0.1, 0.15) is 47.3 Å². The quantitative estimate of drug-likeness (QED) is 0.0190. The molecule has 0 N–H and O–H groups in total. The van der Waals surface area contributed by atoms with Gasteiger partial charge in [-0.15, -0.1) is 0 Å². The summed E-state index contributed by atoms with van der Waals surface area (Å²) in [5.41, 5.74) is 0.550. The molecule has 1 aliphatic heterocycles. The first-order chi connectivity index (χ1) is 43.4. The van der Waals surface area contributed by atoms with Crippen LogP contribution in [0.15, 0.2) is 99.5 Å². The highest BCUT2D eigenvalue weighted by atomic mass is 32.2.